The molecular weight excluding hydrogens is 228 g/mol. The summed E-state index contributed by atoms with van der Waals surface area (Å²) >= 11 is 0. The molecule has 1 aliphatic rings. The fourth-order valence-corrected chi connectivity index (χ4v) is 2.19. The second kappa shape index (κ2) is 6.76. The lowest BCUT2D eigenvalue weighted by atomic mass is 10.1. The van der Waals surface area contributed by atoms with Gasteiger partial charge in [0.05, 0.1) is 6.61 Å². The maximum absolute atomic E-state index is 5.78. The van der Waals surface area contributed by atoms with Gasteiger partial charge in [-0.3, -0.25) is 0 Å². The summed E-state index contributed by atoms with van der Waals surface area (Å²) in [6.07, 6.45) is 3.32. The fourth-order valence-electron chi connectivity index (χ4n) is 2.19. The van der Waals surface area contributed by atoms with Gasteiger partial charge < -0.3 is 14.2 Å². The van der Waals surface area contributed by atoms with E-state index in [4.69, 9.17) is 14.2 Å². The molecule has 0 N–H and O–H groups in total. The molecule has 1 aromatic rings. The molecule has 0 aromatic heterocycles. The Labute approximate surface area is 109 Å². The van der Waals surface area contributed by atoms with Crippen LogP contribution in [0.15, 0.2) is 18.2 Å². The van der Waals surface area contributed by atoms with Crippen LogP contribution in [0.3, 0.4) is 0 Å². The first-order valence-electron chi connectivity index (χ1n) is 6.69. The molecule has 100 valence electrons. The first-order valence-corrected chi connectivity index (χ1v) is 6.69. The molecule has 1 unspecified atom stereocenters. The Hall–Kier alpha value is -1.06. The standard InChI is InChI=1S/C15H22O3/c1-12-6-5-7-13(2)15(12)18-11-10-17-14-8-3-4-9-16-14/h5-7,14H,3-4,8-11H2,1-2H3. The zero-order chi connectivity index (χ0) is 12.8. The van der Waals surface area contributed by atoms with Gasteiger partial charge in [0.2, 0.25) is 0 Å². The van der Waals surface area contributed by atoms with Crippen molar-refractivity contribution in [1.29, 1.82) is 0 Å². The number of hydrogen-bond acceptors (Lipinski definition) is 3. The van der Waals surface area contributed by atoms with E-state index >= 15 is 0 Å². The summed E-state index contributed by atoms with van der Waals surface area (Å²) in [7, 11) is 0. The normalized spacial score (nSPS) is 19.8. The molecule has 1 saturated heterocycles. The van der Waals surface area contributed by atoms with Crippen molar-refractivity contribution in [2.75, 3.05) is 19.8 Å². The minimum absolute atomic E-state index is 0.0275. The Morgan fingerprint density at radius 3 is 2.61 bits per heavy atom. The summed E-state index contributed by atoms with van der Waals surface area (Å²) < 4.78 is 16.9. The third-order valence-electron chi connectivity index (χ3n) is 3.18. The van der Waals surface area contributed by atoms with Crippen molar-refractivity contribution in [3.63, 3.8) is 0 Å². The van der Waals surface area contributed by atoms with Crippen molar-refractivity contribution in [3.05, 3.63) is 29.3 Å². The fraction of sp³-hybridized carbons (Fsp3) is 0.600. The van der Waals surface area contributed by atoms with E-state index in [1.165, 1.54) is 17.5 Å². The van der Waals surface area contributed by atoms with Crippen LogP contribution in [0.25, 0.3) is 0 Å². The zero-order valence-corrected chi connectivity index (χ0v) is 11.3. The van der Waals surface area contributed by atoms with E-state index < -0.39 is 0 Å². The number of rotatable bonds is 5. The average molecular weight is 250 g/mol. The molecule has 3 heteroatoms. The number of aryl methyl sites for hydroxylation is 2. The van der Waals surface area contributed by atoms with E-state index in [1.807, 2.05) is 6.07 Å². The summed E-state index contributed by atoms with van der Waals surface area (Å²) in [4.78, 5) is 0. The van der Waals surface area contributed by atoms with Crippen LogP contribution in [0.4, 0.5) is 0 Å². The van der Waals surface area contributed by atoms with Gasteiger partial charge in [0, 0.05) is 6.61 Å². The lowest BCUT2D eigenvalue weighted by Gasteiger charge is -2.22. The lowest BCUT2D eigenvalue weighted by molar-refractivity contribution is -0.165. The SMILES string of the molecule is Cc1cccc(C)c1OCCOC1CCCCO1. The van der Waals surface area contributed by atoms with Crippen molar-refractivity contribution >= 4 is 0 Å². The Morgan fingerprint density at radius 2 is 1.94 bits per heavy atom. The van der Waals surface area contributed by atoms with Crippen molar-refractivity contribution in [3.8, 4) is 5.75 Å². The van der Waals surface area contributed by atoms with Gasteiger partial charge in [-0.25, -0.2) is 0 Å². The molecule has 1 atom stereocenters. The quantitative estimate of drug-likeness (QED) is 0.751. The second-order valence-corrected chi connectivity index (χ2v) is 4.74. The molecule has 0 aliphatic carbocycles. The number of benzene rings is 1. The van der Waals surface area contributed by atoms with E-state index in [0.29, 0.717) is 13.2 Å². The van der Waals surface area contributed by atoms with E-state index in [-0.39, 0.29) is 6.29 Å². The smallest absolute Gasteiger partial charge is 0.157 e. The third-order valence-corrected chi connectivity index (χ3v) is 3.18. The predicted octanol–water partition coefficient (Wildman–Crippen LogP) is 3.23. The molecule has 3 nitrogen and oxygen atoms in total. The Morgan fingerprint density at radius 1 is 1.17 bits per heavy atom. The molecule has 1 aliphatic heterocycles. The molecule has 1 aromatic carbocycles. The topological polar surface area (TPSA) is 27.7 Å². The van der Waals surface area contributed by atoms with Gasteiger partial charge >= 0.3 is 0 Å². The summed E-state index contributed by atoms with van der Waals surface area (Å²) in [6, 6.07) is 6.17. The van der Waals surface area contributed by atoms with Crippen LogP contribution in [0.1, 0.15) is 30.4 Å². The monoisotopic (exact) mass is 250 g/mol. The van der Waals surface area contributed by atoms with Gasteiger partial charge in [-0.05, 0) is 44.2 Å². The maximum Gasteiger partial charge on any atom is 0.157 e. The number of ether oxygens (including phenoxy) is 3. The van der Waals surface area contributed by atoms with Crippen LogP contribution < -0.4 is 4.74 Å². The van der Waals surface area contributed by atoms with Crippen LogP contribution >= 0.6 is 0 Å². The van der Waals surface area contributed by atoms with E-state index in [2.05, 4.69) is 26.0 Å². The highest BCUT2D eigenvalue weighted by Crippen LogP contribution is 2.22. The van der Waals surface area contributed by atoms with Crippen LogP contribution in [-0.4, -0.2) is 26.1 Å². The summed E-state index contributed by atoms with van der Waals surface area (Å²) in [5, 5.41) is 0. The average Bonchev–Trinajstić information content (AvgIpc) is 2.38. The van der Waals surface area contributed by atoms with Gasteiger partial charge in [0.1, 0.15) is 12.4 Å². The largest absolute Gasteiger partial charge is 0.491 e. The zero-order valence-electron chi connectivity index (χ0n) is 11.3. The Kier molecular flexibility index (Phi) is 5.02. The lowest BCUT2D eigenvalue weighted by Crippen LogP contribution is -2.24. The van der Waals surface area contributed by atoms with E-state index in [9.17, 15) is 0 Å². The third kappa shape index (κ3) is 3.72. The van der Waals surface area contributed by atoms with Gasteiger partial charge in [0.15, 0.2) is 6.29 Å². The highest BCUT2D eigenvalue weighted by atomic mass is 16.7. The highest BCUT2D eigenvalue weighted by molar-refractivity contribution is 5.39. The first-order chi connectivity index (χ1) is 8.77. The van der Waals surface area contributed by atoms with Crippen LogP contribution in [0, 0.1) is 13.8 Å². The number of hydrogen-bond donors (Lipinski definition) is 0. The number of para-hydroxylation sites is 1. The van der Waals surface area contributed by atoms with Gasteiger partial charge in [-0.15, -0.1) is 0 Å². The molecule has 0 bridgehead atoms. The van der Waals surface area contributed by atoms with Crippen molar-refractivity contribution < 1.29 is 14.2 Å². The van der Waals surface area contributed by atoms with Gasteiger partial charge in [0.25, 0.3) is 0 Å². The van der Waals surface area contributed by atoms with Crippen molar-refractivity contribution in [2.24, 2.45) is 0 Å². The molecule has 18 heavy (non-hydrogen) atoms. The van der Waals surface area contributed by atoms with Crippen molar-refractivity contribution in [2.45, 2.75) is 39.4 Å². The van der Waals surface area contributed by atoms with E-state index in [0.717, 1.165) is 25.2 Å². The molecule has 0 amide bonds. The van der Waals surface area contributed by atoms with Crippen LogP contribution in [0.2, 0.25) is 0 Å². The molecule has 0 radical (unpaired) electrons. The van der Waals surface area contributed by atoms with Crippen LogP contribution in [-0.2, 0) is 9.47 Å². The molecule has 1 heterocycles. The second-order valence-electron chi connectivity index (χ2n) is 4.74. The molecule has 1 fully saturated rings. The van der Waals surface area contributed by atoms with Crippen molar-refractivity contribution in [1.82, 2.24) is 0 Å². The maximum atomic E-state index is 5.78. The molecule has 2 rings (SSSR count). The van der Waals surface area contributed by atoms with Crippen LogP contribution in [0.5, 0.6) is 5.75 Å². The Bertz CT molecular complexity index is 350. The summed E-state index contributed by atoms with van der Waals surface area (Å²) in [6.45, 7) is 6.10. The molecule has 0 spiro atoms. The minimum Gasteiger partial charge on any atom is -0.491 e. The summed E-state index contributed by atoms with van der Waals surface area (Å²) in [5.74, 6) is 0.977. The minimum atomic E-state index is -0.0275. The molecular formula is C15H22O3. The van der Waals surface area contributed by atoms with E-state index in [1.54, 1.807) is 0 Å². The first kappa shape index (κ1) is 13.4. The highest BCUT2D eigenvalue weighted by Gasteiger charge is 2.13. The predicted molar refractivity (Wildman–Crippen MR) is 71.0 cm³/mol. The van der Waals surface area contributed by atoms with Gasteiger partial charge in [-0.1, -0.05) is 18.2 Å². The van der Waals surface area contributed by atoms with Gasteiger partial charge in [-0.2, -0.15) is 0 Å². The molecule has 0 saturated carbocycles. The Balaban J connectivity index is 1.71. The summed E-state index contributed by atoms with van der Waals surface area (Å²) in [5.41, 5.74) is 2.34.